The minimum Gasteiger partial charge on any atom is -0.373 e. The highest BCUT2D eigenvalue weighted by Gasteiger charge is 2.23. The molecule has 1 atom stereocenters. The number of morpholine rings is 1. The van der Waals surface area contributed by atoms with Gasteiger partial charge in [0.2, 0.25) is 5.91 Å². The van der Waals surface area contributed by atoms with Gasteiger partial charge in [0.15, 0.2) is 0 Å². The van der Waals surface area contributed by atoms with Crippen LogP contribution in [0.2, 0.25) is 0 Å². The van der Waals surface area contributed by atoms with Gasteiger partial charge in [-0.3, -0.25) is 4.79 Å². The smallest absolute Gasteiger partial charge is 0.219 e. The standard InChI is InChI=1S/C12H22N2O2S2/c1-10(15)14-2-3-16-12(7-14)6-13-11-8-17-4-5-18-9-11/h11-13H,2-9H2,1H3/t12-/m0/s1. The quantitative estimate of drug-likeness (QED) is 0.827. The van der Waals surface area contributed by atoms with Gasteiger partial charge in [-0.25, -0.2) is 0 Å². The van der Waals surface area contributed by atoms with Gasteiger partial charge >= 0.3 is 0 Å². The molecule has 4 nitrogen and oxygen atoms in total. The third kappa shape index (κ3) is 4.64. The van der Waals surface area contributed by atoms with Crippen molar-refractivity contribution in [3.05, 3.63) is 0 Å². The summed E-state index contributed by atoms with van der Waals surface area (Å²) in [6.45, 7) is 4.63. The summed E-state index contributed by atoms with van der Waals surface area (Å²) in [6, 6.07) is 0.582. The second-order valence-corrected chi connectivity index (χ2v) is 7.01. The minimum absolute atomic E-state index is 0.154. The average Bonchev–Trinajstić information content (AvgIpc) is 2.65. The minimum atomic E-state index is 0.154. The van der Waals surface area contributed by atoms with Crippen molar-refractivity contribution in [2.75, 3.05) is 49.3 Å². The van der Waals surface area contributed by atoms with E-state index in [4.69, 9.17) is 4.74 Å². The lowest BCUT2D eigenvalue weighted by Crippen LogP contribution is -2.50. The molecule has 1 N–H and O–H groups in total. The van der Waals surface area contributed by atoms with Gasteiger partial charge in [0.1, 0.15) is 0 Å². The molecule has 0 aromatic carbocycles. The average molecular weight is 290 g/mol. The van der Waals surface area contributed by atoms with E-state index in [1.807, 2.05) is 28.4 Å². The zero-order valence-corrected chi connectivity index (χ0v) is 12.5. The Morgan fingerprint density at radius 2 is 2.11 bits per heavy atom. The molecule has 2 heterocycles. The molecule has 2 rings (SSSR count). The van der Waals surface area contributed by atoms with Gasteiger partial charge < -0.3 is 15.0 Å². The predicted molar refractivity (Wildman–Crippen MR) is 78.4 cm³/mol. The zero-order valence-electron chi connectivity index (χ0n) is 10.9. The van der Waals surface area contributed by atoms with E-state index >= 15 is 0 Å². The van der Waals surface area contributed by atoms with Crippen molar-refractivity contribution in [2.24, 2.45) is 0 Å². The van der Waals surface area contributed by atoms with E-state index in [9.17, 15) is 4.79 Å². The number of nitrogens with one attached hydrogen (secondary N) is 1. The topological polar surface area (TPSA) is 41.6 Å². The summed E-state index contributed by atoms with van der Waals surface area (Å²) in [5, 5.41) is 3.59. The fourth-order valence-corrected chi connectivity index (χ4v) is 4.63. The van der Waals surface area contributed by atoms with Crippen LogP contribution in [0.5, 0.6) is 0 Å². The number of hydrogen-bond donors (Lipinski definition) is 1. The Kier molecular flexibility index (Phi) is 6.14. The Morgan fingerprint density at radius 3 is 2.78 bits per heavy atom. The van der Waals surface area contributed by atoms with E-state index in [2.05, 4.69) is 5.32 Å². The van der Waals surface area contributed by atoms with Crippen LogP contribution in [0.3, 0.4) is 0 Å². The summed E-state index contributed by atoms with van der Waals surface area (Å²) in [7, 11) is 0. The Bertz CT molecular complexity index is 271. The third-order valence-electron chi connectivity index (χ3n) is 3.23. The van der Waals surface area contributed by atoms with E-state index in [1.165, 1.54) is 23.0 Å². The maximum atomic E-state index is 11.3. The van der Waals surface area contributed by atoms with Crippen molar-refractivity contribution in [3.8, 4) is 0 Å². The van der Waals surface area contributed by atoms with Gasteiger partial charge in [-0.1, -0.05) is 0 Å². The molecular weight excluding hydrogens is 268 g/mol. The van der Waals surface area contributed by atoms with Crippen molar-refractivity contribution in [2.45, 2.75) is 19.1 Å². The molecule has 104 valence electrons. The maximum absolute atomic E-state index is 11.3. The second kappa shape index (κ2) is 7.62. The lowest BCUT2D eigenvalue weighted by molar-refractivity contribution is -0.136. The highest BCUT2D eigenvalue weighted by molar-refractivity contribution is 8.03. The van der Waals surface area contributed by atoms with Gasteiger partial charge in [-0.05, 0) is 0 Å². The molecule has 0 spiro atoms. The van der Waals surface area contributed by atoms with E-state index in [1.54, 1.807) is 6.92 Å². The summed E-state index contributed by atoms with van der Waals surface area (Å²) in [5.74, 6) is 5.07. The van der Waals surface area contributed by atoms with Crippen LogP contribution in [-0.2, 0) is 9.53 Å². The van der Waals surface area contributed by atoms with Crippen LogP contribution in [0, 0.1) is 0 Å². The fraction of sp³-hybridized carbons (Fsp3) is 0.917. The van der Waals surface area contributed by atoms with Crippen molar-refractivity contribution in [3.63, 3.8) is 0 Å². The van der Waals surface area contributed by atoms with E-state index in [0.29, 0.717) is 12.6 Å². The lowest BCUT2D eigenvalue weighted by atomic mass is 10.2. The Hall–Kier alpha value is 0.0900. The lowest BCUT2D eigenvalue weighted by Gasteiger charge is -2.33. The predicted octanol–water partition coefficient (Wildman–Crippen LogP) is 0.672. The van der Waals surface area contributed by atoms with E-state index in [0.717, 1.165) is 19.6 Å². The number of carbonyl (C=O) groups excluding carboxylic acids is 1. The summed E-state index contributed by atoms with van der Waals surface area (Å²) >= 11 is 4.05. The van der Waals surface area contributed by atoms with E-state index < -0.39 is 0 Å². The number of amides is 1. The summed E-state index contributed by atoms with van der Waals surface area (Å²) < 4.78 is 5.71. The molecule has 2 aliphatic heterocycles. The molecule has 1 amide bonds. The van der Waals surface area contributed by atoms with Crippen LogP contribution in [0.1, 0.15) is 6.92 Å². The van der Waals surface area contributed by atoms with Crippen molar-refractivity contribution >= 4 is 29.4 Å². The van der Waals surface area contributed by atoms with Gasteiger partial charge in [-0.15, -0.1) is 0 Å². The Morgan fingerprint density at radius 1 is 1.39 bits per heavy atom. The molecular formula is C12H22N2O2S2. The summed E-state index contributed by atoms with van der Waals surface area (Å²) in [5.41, 5.74) is 0. The van der Waals surface area contributed by atoms with Gasteiger partial charge in [-0.2, -0.15) is 23.5 Å². The number of ether oxygens (including phenoxy) is 1. The van der Waals surface area contributed by atoms with Crippen molar-refractivity contribution < 1.29 is 9.53 Å². The van der Waals surface area contributed by atoms with Crippen molar-refractivity contribution in [1.29, 1.82) is 0 Å². The fourth-order valence-electron chi connectivity index (χ4n) is 2.16. The maximum Gasteiger partial charge on any atom is 0.219 e. The Labute approximate surface area is 118 Å². The molecule has 0 saturated carbocycles. The largest absolute Gasteiger partial charge is 0.373 e. The monoisotopic (exact) mass is 290 g/mol. The molecule has 0 unspecified atom stereocenters. The van der Waals surface area contributed by atoms with Crippen molar-refractivity contribution in [1.82, 2.24) is 10.2 Å². The zero-order chi connectivity index (χ0) is 12.8. The van der Waals surface area contributed by atoms with E-state index in [-0.39, 0.29) is 12.0 Å². The SMILES string of the molecule is CC(=O)N1CCO[C@@H](CNC2CSCCSC2)C1. The molecule has 6 heteroatoms. The van der Waals surface area contributed by atoms with Gasteiger partial charge in [0.05, 0.1) is 12.7 Å². The Balaban J connectivity index is 1.70. The van der Waals surface area contributed by atoms with Crippen LogP contribution in [0.4, 0.5) is 0 Å². The van der Waals surface area contributed by atoms with Gasteiger partial charge in [0, 0.05) is 55.6 Å². The highest BCUT2D eigenvalue weighted by atomic mass is 32.2. The van der Waals surface area contributed by atoms with Crippen LogP contribution in [0.15, 0.2) is 0 Å². The first-order valence-corrected chi connectivity index (χ1v) is 8.82. The van der Waals surface area contributed by atoms with Gasteiger partial charge in [0.25, 0.3) is 0 Å². The number of rotatable bonds is 3. The normalized spacial score (nSPS) is 26.9. The van der Waals surface area contributed by atoms with Crippen LogP contribution in [-0.4, -0.2) is 72.2 Å². The molecule has 2 aliphatic rings. The molecule has 2 saturated heterocycles. The number of nitrogens with zero attached hydrogens (tertiary/aromatic N) is 1. The molecule has 18 heavy (non-hydrogen) atoms. The number of carbonyl (C=O) groups is 1. The highest BCUT2D eigenvalue weighted by Crippen LogP contribution is 2.16. The van der Waals surface area contributed by atoms with Crippen LogP contribution in [0.25, 0.3) is 0 Å². The first-order valence-electron chi connectivity index (χ1n) is 6.51. The first-order chi connectivity index (χ1) is 8.75. The molecule has 2 fully saturated rings. The van der Waals surface area contributed by atoms with Crippen LogP contribution >= 0.6 is 23.5 Å². The molecule has 0 radical (unpaired) electrons. The van der Waals surface area contributed by atoms with Crippen LogP contribution < -0.4 is 5.32 Å². The second-order valence-electron chi connectivity index (χ2n) is 4.71. The summed E-state index contributed by atoms with van der Waals surface area (Å²) in [4.78, 5) is 13.2. The molecule has 0 aliphatic carbocycles. The summed E-state index contributed by atoms with van der Waals surface area (Å²) in [6.07, 6.45) is 0.154. The molecule has 0 aromatic heterocycles. The molecule has 0 bridgehead atoms. The molecule has 0 aromatic rings. The first kappa shape index (κ1) is 14.5. The number of hydrogen-bond acceptors (Lipinski definition) is 5. The third-order valence-corrected chi connectivity index (χ3v) is 5.75. The number of thioether (sulfide) groups is 2.